The lowest BCUT2D eigenvalue weighted by molar-refractivity contribution is 0.522. The van der Waals surface area contributed by atoms with Gasteiger partial charge in [0.1, 0.15) is 17.5 Å². The van der Waals surface area contributed by atoms with E-state index >= 15 is 0 Å². The molecule has 0 amide bonds. The molecule has 12 heteroatoms. The molecule has 0 aliphatic rings. The van der Waals surface area contributed by atoms with Crippen LogP contribution in [0, 0.1) is 0 Å². The van der Waals surface area contributed by atoms with Crippen molar-refractivity contribution in [2.75, 3.05) is 0 Å². The molecule has 3 heterocycles. The van der Waals surface area contributed by atoms with Gasteiger partial charge in [-0.1, -0.05) is 48.0 Å². The molecule has 3 aromatic heterocycles. The summed E-state index contributed by atoms with van der Waals surface area (Å²) in [5.74, 6) is 0.414. The van der Waals surface area contributed by atoms with Crippen LogP contribution >= 0.6 is 11.6 Å². The largest absolute Gasteiger partial charge is 0.760 e. The summed E-state index contributed by atoms with van der Waals surface area (Å²) in [6.45, 7) is 0.115. The number of benzene rings is 3. The molecular formula is C28H19ClN7O3S-. The molecule has 1 N–H and O–H groups in total. The van der Waals surface area contributed by atoms with Gasteiger partial charge in [-0.25, -0.2) is 24.4 Å². The fourth-order valence-corrected chi connectivity index (χ4v) is 4.79. The molecule has 0 aliphatic carbocycles. The van der Waals surface area contributed by atoms with Gasteiger partial charge in [-0.3, -0.25) is 13.6 Å². The van der Waals surface area contributed by atoms with E-state index in [0.717, 1.165) is 16.7 Å². The predicted molar refractivity (Wildman–Crippen MR) is 152 cm³/mol. The summed E-state index contributed by atoms with van der Waals surface area (Å²) in [4.78, 5) is 27.0. The highest BCUT2D eigenvalue weighted by Gasteiger charge is 2.19. The van der Waals surface area contributed by atoms with E-state index in [1.54, 1.807) is 59.5 Å². The van der Waals surface area contributed by atoms with E-state index in [1.807, 2.05) is 30.3 Å². The lowest BCUT2D eigenvalue weighted by Crippen LogP contribution is -2.22. The second-order valence-electron chi connectivity index (χ2n) is 8.78. The van der Waals surface area contributed by atoms with Crippen molar-refractivity contribution in [2.45, 2.75) is 6.54 Å². The monoisotopic (exact) mass is 568 g/mol. The predicted octanol–water partition coefficient (Wildman–Crippen LogP) is 4.23. The van der Waals surface area contributed by atoms with Crippen LogP contribution < -0.4 is 10.3 Å². The number of aromatic nitrogens is 6. The molecule has 0 bridgehead atoms. The number of fused-ring (bicyclic) bond motifs is 1. The summed E-state index contributed by atoms with van der Waals surface area (Å²) in [5, 5.41) is 5.33. The van der Waals surface area contributed by atoms with Crippen LogP contribution in [0.25, 0.3) is 44.9 Å². The molecule has 0 aliphatic heterocycles. The Balaban J connectivity index is 1.53. The van der Waals surface area contributed by atoms with Crippen LogP contribution in [0.5, 0.6) is 0 Å². The molecular weight excluding hydrogens is 550 g/mol. The molecule has 0 saturated carbocycles. The van der Waals surface area contributed by atoms with Crippen LogP contribution in [0.3, 0.4) is 0 Å². The zero-order valence-corrected chi connectivity index (χ0v) is 22.2. The second-order valence-corrected chi connectivity index (χ2v) is 9.97. The maximum Gasteiger partial charge on any atom is 0.269 e. The molecule has 1 unspecified atom stereocenters. The van der Waals surface area contributed by atoms with E-state index in [0.29, 0.717) is 38.8 Å². The van der Waals surface area contributed by atoms with Crippen molar-refractivity contribution in [3.8, 4) is 33.9 Å². The summed E-state index contributed by atoms with van der Waals surface area (Å²) in [6.07, 6.45) is 6.42. The van der Waals surface area contributed by atoms with E-state index in [1.165, 1.54) is 17.1 Å². The minimum absolute atomic E-state index is 0.115. The first-order chi connectivity index (χ1) is 19.5. The minimum atomic E-state index is -2.39. The normalized spacial score (nSPS) is 12.1. The van der Waals surface area contributed by atoms with Crippen molar-refractivity contribution < 1.29 is 8.76 Å². The molecule has 3 aromatic carbocycles. The first kappa shape index (κ1) is 25.7. The number of rotatable bonds is 7. The van der Waals surface area contributed by atoms with Gasteiger partial charge in [0.05, 0.1) is 17.6 Å². The van der Waals surface area contributed by atoms with Crippen LogP contribution in [0.4, 0.5) is 0 Å². The quantitative estimate of drug-likeness (QED) is 0.285. The standard InChI is InChI=1S/C28H20ClN7O3S/c29-22-8-10-23(11-9-22)35-26(20-6-4-19(5-7-20)21-14-30-17-31-15-21)34-27-25(28(35)37)16-32-36(27)24-3-1-2-18(12-24)13-33-40(38)39/h1-12,14-17,33H,13H2,(H,38,39)/p-1. The van der Waals surface area contributed by atoms with Gasteiger partial charge in [0.25, 0.3) is 5.56 Å². The second kappa shape index (κ2) is 10.9. The lowest BCUT2D eigenvalue weighted by atomic mass is 10.1. The third-order valence-electron chi connectivity index (χ3n) is 6.27. The van der Waals surface area contributed by atoms with Gasteiger partial charge >= 0.3 is 0 Å². The lowest BCUT2D eigenvalue weighted by Gasteiger charge is -2.14. The molecule has 10 nitrogen and oxygen atoms in total. The van der Waals surface area contributed by atoms with Crippen molar-refractivity contribution in [1.82, 2.24) is 34.0 Å². The Morgan fingerprint density at radius 1 is 0.875 bits per heavy atom. The molecule has 0 spiro atoms. The van der Waals surface area contributed by atoms with E-state index < -0.39 is 11.3 Å². The Morgan fingerprint density at radius 3 is 2.33 bits per heavy atom. The Hall–Kier alpha value is -4.55. The SMILES string of the molecule is O=c1c2cnn(-c3cccc(CNS(=O)[O-])c3)c2nc(-c2ccc(-c3cncnc3)cc2)n1-c1ccc(Cl)cc1. The number of nitrogens with zero attached hydrogens (tertiary/aromatic N) is 6. The van der Waals surface area contributed by atoms with Crippen molar-refractivity contribution in [3.63, 3.8) is 0 Å². The zero-order chi connectivity index (χ0) is 27.6. The van der Waals surface area contributed by atoms with E-state index in [4.69, 9.17) is 16.6 Å². The van der Waals surface area contributed by atoms with Crippen LogP contribution in [-0.4, -0.2) is 38.1 Å². The summed E-state index contributed by atoms with van der Waals surface area (Å²) in [5.41, 5.74) is 4.51. The minimum Gasteiger partial charge on any atom is -0.760 e. The average Bonchev–Trinajstić information content (AvgIpc) is 3.42. The third-order valence-corrected chi connectivity index (χ3v) is 6.90. The van der Waals surface area contributed by atoms with E-state index in [-0.39, 0.29) is 12.1 Å². The number of hydrogen-bond donors (Lipinski definition) is 1. The summed E-state index contributed by atoms with van der Waals surface area (Å²) in [6, 6.07) is 21.7. The maximum atomic E-state index is 13.9. The van der Waals surface area contributed by atoms with E-state index in [2.05, 4.69) is 19.8 Å². The molecule has 40 heavy (non-hydrogen) atoms. The number of halogens is 1. The van der Waals surface area contributed by atoms with Gasteiger partial charge in [0, 0.05) is 46.4 Å². The molecule has 1 atom stereocenters. The fourth-order valence-electron chi connectivity index (χ4n) is 4.38. The van der Waals surface area contributed by atoms with Gasteiger partial charge in [-0.05, 0) is 47.5 Å². The summed E-state index contributed by atoms with van der Waals surface area (Å²) >= 11 is 3.74. The first-order valence-corrected chi connectivity index (χ1v) is 13.5. The average molecular weight is 569 g/mol. The smallest absolute Gasteiger partial charge is 0.269 e. The highest BCUT2D eigenvalue weighted by molar-refractivity contribution is 7.77. The molecule has 6 rings (SSSR count). The summed E-state index contributed by atoms with van der Waals surface area (Å²) < 4.78 is 27.4. The summed E-state index contributed by atoms with van der Waals surface area (Å²) in [7, 11) is 0. The third kappa shape index (κ3) is 5.06. The van der Waals surface area contributed by atoms with Gasteiger partial charge in [-0.15, -0.1) is 0 Å². The Morgan fingerprint density at radius 2 is 1.60 bits per heavy atom. The molecule has 0 fully saturated rings. The first-order valence-electron chi connectivity index (χ1n) is 12.0. The van der Waals surface area contributed by atoms with Crippen LogP contribution in [-0.2, 0) is 17.8 Å². The van der Waals surface area contributed by atoms with Gasteiger partial charge < -0.3 is 4.55 Å². The van der Waals surface area contributed by atoms with E-state index in [9.17, 15) is 13.6 Å². The zero-order valence-electron chi connectivity index (χ0n) is 20.6. The highest BCUT2D eigenvalue weighted by Crippen LogP contribution is 2.27. The molecule has 0 radical (unpaired) electrons. The van der Waals surface area contributed by atoms with Gasteiger partial charge in [0.15, 0.2) is 5.65 Å². The topological polar surface area (TPSA) is 131 Å². The van der Waals surface area contributed by atoms with Crippen LogP contribution in [0.2, 0.25) is 5.02 Å². The van der Waals surface area contributed by atoms with Crippen molar-refractivity contribution >= 4 is 33.9 Å². The maximum absolute atomic E-state index is 13.9. The Bertz CT molecular complexity index is 1910. The van der Waals surface area contributed by atoms with Crippen molar-refractivity contribution in [2.24, 2.45) is 0 Å². The highest BCUT2D eigenvalue weighted by atomic mass is 35.5. The van der Waals surface area contributed by atoms with Crippen molar-refractivity contribution in [3.05, 3.63) is 119 Å². The Kier molecular flexibility index (Phi) is 7.01. The van der Waals surface area contributed by atoms with Crippen LogP contribution in [0.15, 0.2) is 103 Å². The van der Waals surface area contributed by atoms with Crippen molar-refractivity contribution in [1.29, 1.82) is 0 Å². The van der Waals surface area contributed by atoms with Gasteiger partial charge in [-0.2, -0.15) is 5.10 Å². The van der Waals surface area contributed by atoms with Crippen LogP contribution in [0.1, 0.15) is 5.56 Å². The molecule has 0 saturated heterocycles. The van der Waals surface area contributed by atoms with Gasteiger partial charge in [0.2, 0.25) is 0 Å². The Labute approximate surface area is 235 Å². The number of hydrogen-bond acceptors (Lipinski definition) is 7. The molecule has 198 valence electrons. The molecule has 6 aromatic rings. The fraction of sp³-hybridized carbons (Fsp3) is 0.0357. The number of nitrogens with one attached hydrogen (secondary N) is 1.